The molecule has 0 unspecified atom stereocenters. The number of anilines is 1. The first kappa shape index (κ1) is 22.8. The van der Waals surface area contributed by atoms with Gasteiger partial charge in [0, 0.05) is 48.4 Å². The number of halogens is 3. The number of nitrogens with two attached hydrogens (primary N) is 1. The molecule has 1 fully saturated rings. The van der Waals surface area contributed by atoms with Gasteiger partial charge in [0.1, 0.15) is 6.54 Å². The van der Waals surface area contributed by atoms with Gasteiger partial charge >= 0.3 is 6.18 Å². The van der Waals surface area contributed by atoms with Crippen molar-refractivity contribution >= 4 is 28.3 Å². The van der Waals surface area contributed by atoms with E-state index in [1.807, 2.05) is 11.4 Å². The molecule has 4 rings (SSSR count). The van der Waals surface area contributed by atoms with E-state index in [1.165, 1.54) is 18.3 Å². The van der Waals surface area contributed by atoms with Gasteiger partial charge in [-0.05, 0) is 25.1 Å². The van der Waals surface area contributed by atoms with Crippen LogP contribution in [0.1, 0.15) is 21.7 Å². The van der Waals surface area contributed by atoms with Crippen molar-refractivity contribution in [1.82, 2.24) is 19.7 Å². The number of benzene rings is 1. The third kappa shape index (κ3) is 5.00. The maximum atomic E-state index is 12.8. The molecule has 2 aromatic heterocycles. The fourth-order valence-electron chi connectivity index (χ4n) is 3.56. The standard InChI is InChI=1S/C21H21F3N6O2S/c1-13-9-17(21(22,23)24)27-30(13)11-18(31)28-5-7-29(8-6-28)20-26-16(12-33-20)14-3-2-4-15(10-14)19(25)32/h2-4,9-10,12H,5-8,11H2,1H3,(H2,25,32). The number of carbonyl (C=O) groups is 2. The van der Waals surface area contributed by atoms with E-state index in [-0.39, 0.29) is 18.1 Å². The Morgan fingerprint density at radius 1 is 1.15 bits per heavy atom. The number of primary amides is 1. The summed E-state index contributed by atoms with van der Waals surface area (Å²) in [5.74, 6) is -0.786. The molecule has 1 saturated heterocycles. The fourth-order valence-corrected chi connectivity index (χ4v) is 4.45. The molecular formula is C21H21F3N6O2S. The molecule has 33 heavy (non-hydrogen) atoms. The molecule has 0 atom stereocenters. The highest BCUT2D eigenvalue weighted by Crippen LogP contribution is 2.29. The summed E-state index contributed by atoms with van der Waals surface area (Å²) in [6.07, 6.45) is -4.54. The molecule has 3 heterocycles. The molecule has 1 aliphatic heterocycles. The van der Waals surface area contributed by atoms with E-state index in [2.05, 4.69) is 15.0 Å². The lowest BCUT2D eigenvalue weighted by Crippen LogP contribution is -2.49. The van der Waals surface area contributed by atoms with Crippen molar-refractivity contribution in [2.75, 3.05) is 31.1 Å². The lowest BCUT2D eigenvalue weighted by molar-refractivity contribution is -0.142. The Morgan fingerprint density at radius 2 is 1.88 bits per heavy atom. The van der Waals surface area contributed by atoms with E-state index in [9.17, 15) is 22.8 Å². The normalized spacial score (nSPS) is 14.5. The molecule has 1 aromatic carbocycles. The van der Waals surface area contributed by atoms with Crippen LogP contribution in [0.2, 0.25) is 0 Å². The van der Waals surface area contributed by atoms with Crippen molar-refractivity contribution in [3.8, 4) is 11.3 Å². The quantitative estimate of drug-likeness (QED) is 0.608. The average Bonchev–Trinajstić information content (AvgIpc) is 3.41. The number of carbonyl (C=O) groups excluding carboxylic acids is 2. The van der Waals surface area contributed by atoms with Crippen LogP contribution >= 0.6 is 11.3 Å². The minimum Gasteiger partial charge on any atom is -0.366 e. The zero-order valence-electron chi connectivity index (χ0n) is 17.7. The third-order valence-corrected chi connectivity index (χ3v) is 6.30. The van der Waals surface area contributed by atoms with Crippen LogP contribution in [-0.2, 0) is 17.5 Å². The zero-order chi connectivity index (χ0) is 23.8. The zero-order valence-corrected chi connectivity index (χ0v) is 18.5. The van der Waals surface area contributed by atoms with Gasteiger partial charge in [-0.25, -0.2) is 4.98 Å². The molecule has 2 amide bonds. The summed E-state index contributed by atoms with van der Waals surface area (Å²) in [6.45, 7) is 3.21. The van der Waals surface area contributed by atoms with E-state index in [0.717, 1.165) is 27.1 Å². The molecule has 3 aromatic rings. The molecule has 12 heteroatoms. The molecule has 0 bridgehead atoms. The van der Waals surface area contributed by atoms with Crippen molar-refractivity contribution in [3.05, 3.63) is 52.7 Å². The second kappa shape index (κ2) is 8.85. The number of aryl methyl sites for hydroxylation is 1. The molecule has 1 aliphatic rings. The highest BCUT2D eigenvalue weighted by Gasteiger charge is 2.35. The van der Waals surface area contributed by atoms with Crippen molar-refractivity contribution in [2.45, 2.75) is 19.6 Å². The maximum Gasteiger partial charge on any atom is 0.435 e. The summed E-state index contributed by atoms with van der Waals surface area (Å²) in [6, 6.07) is 7.87. The number of alkyl halides is 3. The number of hydrogen-bond acceptors (Lipinski definition) is 6. The van der Waals surface area contributed by atoms with Crippen LogP contribution < -0.4 is 10.6 Å². The predicted octanol–water partition coefficient (Wildman–Crippen LogP) is 2.78. The number of thiazole rings is 1. The van der Waals surface area contributed by atoms with Crippen LogP contribution in [0.15, 0.2) is 35.7 Å². The minimum atomic E-state index is -4.54. The lowest BCUT2D eigenvalue weighted by atomic mass is 10.1. The highest BCUT2D eigenvalue weighted by molar-refractivity contribution is 7.14. The molecular weight excluding hydrogens is 457 g/mol. The third-order valence-electron chi connectivity index (χ3n) is 5.39. The first-order valence-electron chi connectivity index (χ1n) is 10.1. The first-order chi connectivity index (χ1) is 15.6. The lowest BCUT2D eigenvalue weighted by Gasteiger charge is -2.34. The summed E-state index contributed by atoms with van der Waals surface area (Å²) in [4.78, 5) is 32.3. The summed E-state index contributed by atoms with van der Waals surface area (Å²) in [5, 5.41) is 6.21. The van der Waals surface area contributed by atoms with Gasteiger partial charge in [-0.3, -0.25) is 14.3 Å². The topological polar surface area (TPSA) is 97.3 Å². The Hall–Kier alpha value is -3.41. The molecule has 0 spiro atoms. The number of piperazine rings is 1. The molecule has 0 aliphatic carbocycles. The van der Waals surface area contributed by atoms with E-state index in [1.54, 1.807) is 23.1 Å². The second-order valence-corrected chi connectivity index (χ2v) is 8.49. The number of aromatic nitrogens is 3. The molecule has 8 nitrogen and oxygen atoms in total. The van der Waals surface area contributed by atoms with Crippen LogP contribution in [0.25, 0.3) is 11.3 Å². The van der Waals surface area contributed by atoms with E-state index < -0.39 is 17.8 Å². The first-order valence-corrected chi connectivity index (χ1v) is 11.0. The molecule has 0 saturated carbocycles. The van der Waals surface area contributed by atoms with Crippen molar-refractivity contribution in [3.63, 3.8) is 0 Å². The second-order valence-electron chi connectivity index (χ2n) is 7.65. The van der Waals surface area contributed by atoms with Crippen molar-refractivity contribution in [1.29, 1.82) is 0 Å². The van der Waals surface area contributed by atoms with Gasteiger partial charge in [-0.15, -0.1) is 11.3 Å². The van der Waals surface area contributed by atoms with E-state index in [0.29, 0.717) is 31.7 Å². The monoisotopic (exact) mass is 478 g/mol. The van der Waals surface area contributed by atoms with E-state index >= 15 is 0 Å². The van der Waals surface area contributed by atoms with Gasteiger partial charge in [0.25, 0.3) is 0 Å². The van der Waals surface area contributed by atoms with Gasteiger partial charge in [0.05, 0.1) is 5.69 Å². The number of hydrogen-bond donors (Lipinski definition) is 1. The van der Waals surface area contributed by atoms with Crippen LogP contribution in [0, 0.1) is 6.92 Å². The molecule has 0 radical (unpaired) electrons. The van der Waals surface area contributed by atoms with Crippen LogP contribution in [0.5, 0.6) is 0 Å². The highest BCUT2D eigenvalue weighted by atomic mass is 32.1. The predicted molar refractivity (Wildman–Crippen MR) is 117 cm³/mol. The van der Waals surface area contributed by atoms with Crippen molar-refractivity contribution < 1.29 is 22.8 Å². The van der Waals surface area contributed by atoms with Gasteiger partial charge in [-0.1, -0.05) is 12.1 Å². The summed E-state index contributed by atoms with van der Waals surface area (Å²) < 4.78 is 39.6. The number of amides is 2. The fraction of sp³-hybridized carbons (Fsp3) is 0.333. The van der Waals surface area contributed by atoms with Crippen LogP contribution in [-0.4, -0.2) is 57.7 Å². The Labute approximate surface area is 191 Å². The largest absolute Gasteiger partial charge is 0.435 e. The summed E-state index contributed by atoms with van der Waals surface area (Å²) >= 11 is 1.46. The maximum absolute atomic E-state index is 12.8. The van der Waals surface area contributed by atoms with Crippen LogP contribution in [0.4, 0.5) is 18.3 Å². The molecule has 2 N–H and O–H groups in total. The SMILES string of the molecule is Cc1cc(C(F)(F)F)nn1CC(=O)N1CCN(c2nc(-c3cccc(C(N)=O)c3)cs2)CC1. The number of nitrogens with zero attached hydrogens (tertiary/aromatic N) is 5. The molecule has 174 valence electrons. The van der Waals surface area contributed by atoms with Gasteiger partial charge in [0.15, 0.2) is 10.8 Å². The van der Waals surface area contributed by atoms with Gasteiger partial charge in [0.2, 0.25) is 11.8 Å². The minimum absolute atomic E-state index is 0.237. The van der Waals surface area contributed by atoms with Crippen LogP contribution in [0.3, 0.4) is 0 Å². The Bertz CT molecular complexity index is 1180. The summed E-state index contributed by atoms with van der Waals surface area (Å²) in [7, 11) is 0. The van der Waals surface area contributed by atoms with Gasteiger partial charge in [-0.2, -0.15) is 18.3 Å². The van der Waals surface area contributed by atoms with E-state index in [4.69, 9.17) is 5.73 Å². The summed E-state index contributed by atoms with van der Waals surface area (Å²) in [5.41, 5.74) is 6.55. The number of rotatable bonds is 5. The smallest absolute Gasteiger partial charge is 0.366 e. The Kier molecular flexibility index (Phi) is 6.11. The van der Waals surface area contributed by atoms with Crippen molar-refractivity contribution in [2.24, 2.45) is 5.73 Å². The van der Waals surface area contributed by atoms with Gasteiger partial charge < -0.3 is 15.5 Å². The Morgan fingerprint density at radius 3 is 2.52 bits per heavy atom. The Balaban J connectivity index is 1.37. The average molecular weight is 479 g/mol.